The minimum Gasteiger partial charge on any atom is -0.497 e. The summed E-state index contributed by atoms with van der Waals surface area (Å²) in [5.74, 6) is 2.64. The van der Waals surface area contributed by atoms with Crippen molar-refractivity contribution in [2.45, 2.75) is 6.04 Å². The Morgan fingerprint density at radius 1 is 1.10 bits per heavy atom. The van der Waals surface area contributed by atoms with E-state index in [1.807, 2.05) is 66.5 Å². The number of hydrogen-bond acceptors (Lipinski definition) is 6. The standard InChI is InChI=1S/C22H25N5O3/c1-26-12-13-27(20(28)15-30-18-6-4-3-5-7-18)19(14-26)22-23-21(24-25-22)16-8-10-17(29-2)11-9-16/h3-11,19H,12-15H2,1-2H3,(H,23,24,25)/t19-/m1/s1. The lowest BCUT2D eigenvalue weighted by Crippen LogP contribution is -2.50. The summed E-state index contributed by atoms with van der Waals surface area (Å²) in [5.41, 5.74) is 0.882. The van der Waals surface area contributed by atoms with Crippen molar-refractivity contribution in [1.29, 1.82) is 0 Å². The molecule has 0 spiro atoms. The maximum atomic E-state index is 12.9. The summed E-state index contributed by atoms with van der Waals surface area (Å²) in [4.78, 5) is 21.6. The SMILES string of the molecule is COc1ccc(-c2n[nH]c([C@H]3CN(C)CCN3C(=O)COc3ccccc3)n2)cc1. The van der Waals surface area contributed by atoms with Gasteiger partial charge in [0.2, 0.25) is 0 Å². The highest BCUT2D eigenvalue weighted by atomic mass is 16.5. The molecule has 0 radical (unpaired) electrons. The van der Waals surface area contributed by atoms with E-state index in [9.17, 15) is 4.79 Å². The highest BCUT2D eigenvalue weighted by molar-refractivity contribution is 5.78. The number of piperazine rings is 1. The van der Waals surface area contributed by atoms with Gasteiger partial charge in [-0.3, -0.25) is 9.89 Å². The number of nitrogens with one attached hydrogen (secondary N) is 1. The van der Waals surface area contributed by atoms with Crippen LogP contribution >= 0.6 is 0 Å². The molecule has 8 heteroatoms. The molecule has 1 aliphatic rings. The minimum atomic E-state index is -0.213. The van der Waals surface area contributed by atoms with Gasteiger partial charge in [-0.2, -0.15) is 5.10 Å². The molecule has 0 unspecified atom stereocenters. The monoisotopic (exact) mass is 407 g/mol. The predicted octanol–water partition coefficient (Wildman–Crippen LogP) is 2.37. The molecule has 1 aromatic heterocycles. The summed E-state index contributed by atoms with van der Waals surface area (Å²) in [6.45, 7) is 2.07. The molecule has 156 valence electrons. The molecule has 2 aromatic carbocycles. The number of para-hydroxylation sites is 1. The average molecular weight is 407 g/mol. The first-order valence-corrected chi connectivity index (χ1v) is 9.86. The third-order valence-corrected chi connectivity index (χ3v) is 5.18. The van der Waals surface area contributed by atoms with Crippen LogP contribution in [0.4, 0.5) is 0 Å². The van der Waals surface area contributed by atoms with E-state index in [2.05, 4.69) is 20.1 Å². The van der Waals surface area contributed by atoms with E-state index in [4.69, 9.17) is 9.47 Å². The maximum Gasteiger partial charge on any atom is 0.261 e. The fourth-order valence-electron chi connectivity index (χ4n) is 3.49. The molecular weight excluding hydrogens is 382 g/mol. The lowest BCUT2D eigenvalue weighted by molar-refractivity contribution is -0.138. The van der Waals surface area contributed by atoms with Gasteiger partial charge in [-0.1, -0.05) is 18.2 Å². The van der Waals surface area contributed by atoms with Gasteiger partial charge in [0.1, 0.15) is 23.4 Å². The van der Waals surface area contributed by atoms with Gasteiger partial charge < -0.3 is 19.3 Å². The van der Waals surface area contributed by atoms with Crippen molar-refractivity contribution in [3.05, 3.63) is 60.4 Å². The number of aromatic amines is 1. The van der Waals surface area contributed by atoms with Crippen LogP contribution in [0.2, 0.25) is 0 Å². The smallest absolute Gasteiger partial charge is 0.261 e. The summed E-state index contributed by atoms with van der Waals surface area (Å²) in [6.07, 6.45) is 0. The molecule has 1 N–H and O–H groups in total. The Bertz CT molecular complexity index is 974. The first kappa shape index (κ1) is 19.9. The van der Waals surface area contributed by atoms with Gasteiger partial charge >= 0.3 is 0 Å². The summed E-state index contributed by atoms with van der Waals surface area (Å²) in [7, 11) is 3.67. The summed E-state index contributed by atoms with van der Waals surface area (Å²) in [5, 5.41) is 7.39. The van der Waals surface area contributed by atoms with Crippen LogP contribution in [0.3, 0.4) is 0 Å². The molecule has 2 heterocycles. The number of hydrogen-bond donors (Lipinski definition) is 1. The van der Waals surface area contributed by atoms with E-state index < -0.39 is 0 Å². The van der Waals surface area contributed by atoms with E-state index in [1.54, 1.807) is 7.11 Å². The topological polar surface area (TPSA) is 83.6 Å². The molecule has 0 saturated carbocycles. The third-order valence-electron chi connectivity index (χ3n) is 5.18. The van der Waals surface area contributed by atoms with Gasteiger partial charge in [0, 0.05) is 25.2 Å². The zero-order valence-electron chi connectivity index (χ0n) is 17.1. The average Bonchev–Trinajstić information content (AvgIpc) is 3.28. The molecule has 4 rings (SSSR count). The lowest BCUT2D eigenvalue weighted by Gasteiger charge is -2.38. The van der Waals surface area contributed by atoms with Gasteiger partial charge in [0.05, 0.1) is 7.11 Å². The Morgan fingerprint density at radius 2 is 1.87 bits per heavy atom. The molecule has 1 atom stereocenters. The van der Waals surface area contributed by atoms with Gasteiger partial charge in [-0.05, 0) is 43.4 Å². The molecule has 30 heavy (non-hydrogen) atoms. The van der Waals surface area contributed by atoms with Crippen LogP contribution in [0.25, 0.3) is 11.4 Å². The molecule has 1 fully saturated rings. The summed E-state index contributed by atoms with van der Waals surface area (Å²) < 4.78 is 10.9. The highest BCUT2D eigenvalue weighted by Gasteiger charge is 2.32. The Hall–Kier alpha value is -3.39. The van der Waals surface area contributed by atoms with Crippen LogP contribution < -0.4 is 9.47 Å². The molecular formula is C22H25N5O3. The zero-order chi connectivity index (χ0) is 20.9. The molecule has 8 nitrogen and oxygen atoms in total. The van der Waals surface area contributed by atoms with Crippen LogP contribution in [0, 0.1) is 0 Å². The van der Waals surface area contributed by atoms with Crippen LogP contribution in [-0.2, 0) is 4.79 Å². The van der Waals surface area contributed by atoms with Gasteiger partial charge in [-0.25, -0.2) is 4.98 Å². The van der Waals surface area contributed by atoms with Gasteiger partial charge in [0.15, 0.2) is 12.4 Å². The highest BCUT2D eigenvalue weighted by Crippen LogP contribution is 2.25. The maximum absolute atomic E-state index is 12.9. The van der Waals surface area contributed by atoms with Crippen molar-refractivity contribution in [1.82, 2.24) is 25.0 Å². The van der Waals surface area contributed by atoms with Crippen molar-refractivity contribution in [3.8, 4) is 22.9 Å². The number of benzene rings is 2. The van der Waals surface area contributed by atoms with Gasteiger partial charge in [0.25, 0.3) is 5.91 Å². The molecule has 1 amide bonds. The van der Waals surface area contributed by atoms with Crippen molar-refractivity contribution < 1.29 is 14.3 Å². The second kappa shape index (κ2) is 8.96. The van der Waals surface area contributed by atoms with Crippen molar-refractivity contribution in [2.75, 3.05) is 40.4 Å². The number of amides is 1. The normalized spacial score (nSPS) is 17.0. The fourth-order valence-corrected chi connectivity index (χ4v) is 3.49. The Morgan fingerprint density at radius 3 is 2.60 bits per heavy atom. The van der Waals surface area contributed by atoms with Crippen molar-refractivity contribution >= 4 is 5.91 Å². The molecule has 0 aliphatic carbocycles. The van der Waals surface area contributed by atoms with Crippen molar-refractivity contribution in [3.63, 3.8) is 0 Å². The number of carbonyl (C=O) groups is 1. The Balaban J connectivity index is 1.49. The Labute approximate surface area is 175 Å². The largest absolute Gasteiger partial charge is 0.497 e. The van der Waals surface area contributed by atoms with Crippen LogP contribution in [-0.4, -0.2) is 71.3 Å². The number of nitrogens with zero attached hydrogens (tertiary/aromatic N) is 4. The second-order valence-electron chi connectivity index (χ2n) is 7.24. The molecule has 1 saturated heterocycles. The van der Waals surface area contributed by atoms with E-state index in [0.29, 0.717) is 30.5 Å². The van der Waals surface area contributed by atoms with E-state index in [0.717, 1.165) is 17.9 Å². The summed E-state index contributed by atoms with van der Waals surface area (Å²) in [6, 6.07) is 16.7. The number of aromatic nitrogens is 3. The van der Waals surface area contributed by atoms with Crippen LogP contribution in [0.5, 0.6) is 11.5 Å². The number of methoxy groups -OCH3 is 1. The van der Waals surface area contributed by atoms with Crippen LogP contribution in [0.1, 0.15) is 11.9 Å². The van der Waals surface area contributed by atoms with E-state index in [-0.39, 0.29) is 18.6 Å². The van der Waals surface area contributed by atoms with Crippen LogP contribution in [0.15, 0.2) is 54.6 Å². The third kappa shape index (κ3) is 4.44. The quantitative estimate of drug-likeness (QED) is 0.676. The first-order valence-electron chi connectivity index (χ1n) is 9.86. The zero-order valence-corrected chi connectivity index (χ0v) is 17.1. The fraction of sp³-hybridized carbons (Fsp3) is 0.318. The lowest BCUT2D eigenvalue weighted by atomic mass is 10.1. The number of carbonyl (C=O) groups excluding carboxylic acids is 1. The second-order valence-corrected chi connectivity index (χ2v) is 7.24. The van der Waals surface area contributed by atoms with Gasteiger partial charge in [-0.15, -0.1) is 0 Å². The minimum absolute atomic E-state index is 0.0102. The number of H-pyrrole nitrogens is 1. The summed E-state index contributed by atoms with van der Waals surface area (Å²) >= 11 is 0. The molecule has 1 aliphatic heterocycles. The predicted molar refractivity (Wildman–Crippen MR) is 112 cm³/mol. The van der Waals surface area contributed by atoms with Crippen molar-refractivity contribution in [2.24, 2.45) is 0 Å². The van der Waals surface area contributed by atoms with E-state index >= 15 is 0 Å². The molecule has 3 aromatic rings. The first-order chi connectivity index (χ1) is 14.6. The number of rotatable bonds is 6. The number of ether oxygens (including phenoxy) is 2. The molecule has 0 bridgehead atoms. The Kier molecular flexibility index (Phi) is 5.94. The number of likely N-dealkylation sites (N-methyl/N-ethyl adjacent to an activating group) is 1. The van der Waals surface area contributed by atoms with E-state index in [1.165, 1.54) is 0 Å².